The molecule has 0 aliphatic carbocycles. The standard InChI is InChI=1S/C9H10FNO3S/c10-15(12,13)14-8-4-3-7-2-1-5-11-9(7)6-8/h3-4,6,11H,1-2,5H2. The molecule has 1 heterocycles. The molecule has 0 radical (unpaired) electrons. The summed E-state index contributed by atoms with van der Waals surface area (Å²) in [5.74, 6) is -0.00866. The van der Waals surface area contributed by atoms with Gasteiger partial charge in [-0.3, -0.25) is 0 Å². The Morgan fingerprint density at radius 2 is 2.20 bits per heavy atom. The summed E-state index contributed by atoms with van der Waals surface area (Å²) in [7, 11) is -4.93. The van der Waals surface area contributed by atoms with E-state index in [4.69, 9.17) is 0 Å². The van der Waals surface area contributed by atoms with Gasteiger partial charge in [-0.15, -0.1) is 0 Å². The average molecular weight is 231 g/mol. The minimum atomic E-state index is -4.93. The Morgan fingerprint density at radius 1 is 1.40 bits per heavy atom. The SMILES string of the molecule is O=S(=O)(F)Oc1ccc2c(c1)NCCC2. The Balaban J connectivity index is 2.28. The summed E-state index contributed by atoms with van der Waals surface area (Å²) in [6, 6.07) is 4.68. The van der Waals surface area contributed by atoms with E-state index in [0.29, 0.717) is 0 Å². The molecule has 0 saturated heterocycles. The van der Waals surface area contributed by atoms with Crippen molar-refractivity contribution in [1.29, 1.82) is 0 Å². The van der Waals surface area contributed by atoms with E-state index in [1.165, 1.54) is 12.1 Å². The summed E-state index contributed by atoms with van der Waals surface area (Å²) >= 11 is 0. The zero-order chi connectivity index (χ0) is 10.9. The molecule has 0 amide bonds. The van der Waals surface area contributed by atoms with Gasteiger partial charge in [0.15, 0.2) is 0 Å². The van der Waals surface area contributed by atoms with Crippen LogP contribution in [0.2, 0.25) is 0 Å². The molecule has 1 aromatic rings. The highest BCUT2D eigenvalue weighted by Gasteiger charge is 2.13. The van der Waals surface area contributed by atoms with Crippen molar-refractivity contribution in [2.24, 2.45) is 0 Å². The summed E-state index contributed by atoms with van der Waals surface area (Å²) < 4.78 is 36.9. The molecule has 0 bridgehead atoms. The number of aryl methyl sites for hydroxylation is 1. The molecule has 0 spiro atoms. The largest absolute Gasteiger partial charge is 0.488 e. The van der Waals surface area contributed by atoms with Crippen molar-refractivity contribution < 1.29 is 16.5 Å². The van der Waals surface area contributed by atoms with Crippen molar-refractivity contribution in [3.05, 3.63) is 23.8 Å². The number of hydrogen-bond acceptors (Lipinski definition) is 4. The van der Waals surface area contributed by atoms with Crippen molar-refractivity contribution in [2.45, 2.75) is 12.8 Å². The molecule has 0 atom stereocenters. The van der Waals surface area contributed by atoms with E-state index < -0.39 is 10.5 Å². The molecule has 1 aromatic carbocycles. The van der Waals surface area contributed by atoms with Gasteiger partial charge in [-0.05, 0) is 24.5 Å². The molecule has 15 heavy (non-hydrogen) atoms. The first-order valence-corrected chi connectivity index (χ1v) is 5.86. The van der Waals surface area contributed by atoms with Crippen LogP contribution in [0.3, 0.4) is 0 Å². The summed E-state index contributed by atoms with van der Waals surface area (Å²) in [6.45, 7) is 0.832. The summed E-state index contributed by atoms with van der Waals surface area (Å²) in [5, 5.41) is 3.09. The third-order valence-electron chi connectivity index (χ3n) is 2.22. The number of anilines is 1. The maximum Gasteiger partial charge on any atom is 0.488 e. The fourth-order valence-corrected chi connectivity index (χ4v) is 1.94. The predicted molar refractivity (Wildman–Crippen MR) is 53.9 cm³/mol. The molecular weight excluding hydrogens is 221 g/mol. The van der Waals surface area contributed by atoms with E-state index in [2.05, 4.69) is 9.50 Å². The van der Waals surface area contributed by atoms with Crippen molar-refractivity contribution in [2.75, 3.05) is 11.9 Å². The molecule has 1 N–H and O–H groups in total. The molecule has 0 saturated carbocycles. The van der Waals surface area contributed by atoms with Crippen LogP contribution in [0.4, 0.5) is 9.57 Å². The lowest BCUT2D eigenvalue weighted by atomic mass is 10.0. The lowest BCUT2D eigenvalue weighted by Gasteiger charge is -2.17. The second-order valence-electron chi connectivity index (χ2n) is 3.33. The highest BCUT2D eigenvalue weighted by molar-refractivity contribution is 7.81. The highest BCUT2D eigenvalue weighted by atomic mass is 32.3. The van der Waals surface area contributed by atoms with Crippen molar-refractivity contribution >= 4 is 16.2 Å². The number of benzene rings is 1. The maximum atomic E-state index is 12.2. The Bertz CT molecular complexity index is 472. The van der Waals surface area contributed by atoms with Gasteiger partial charge in [-0.25, -0.2) is 0 Å². The van der Waals surface area contributed by atoms with Crippen LogP contribution < -0.4 is 9.50 Å². The molecule has 0 unspecified atom stereocenters. The lowest BCUT2D eigenvalue weighted by Crippen LogP contribution is -2.12. The van der Waals surface area contributed by atoms with Crippen molar-refractivity contribution in [3.8, 4) is 5.75 Å². The minimum absolute atomic E-state index is 0.00866. The smallest absolute Gasteiger partial charge is 0.385 e. The number of nitrogens with one attached hydrogen (secondary N) is 1. The molecule has 82 valence electrons. The number of halogens is 1. The Morgan fingerprint density at radius 3 is 2.93 bits per heavy atom. The summed E-state index contributed by atoms with van der Waals surface area (Å²) in [4.78, 5) is 0. The van der Waals surface area contributed by atoms with Crippen LogP contribution in [0.15, 0.2) is 18.2 Å². The lowest BCUT2D eigenvalue weighted by molar-refractivity contribution is 0.440. The van der Waals surface area contributed by atoms with E-state index in [9.17, 15) is 12.3 Å². The Labute approximate surface area is 87.5 Å². The molecule has 2 rings (SSSR count). The van der Waals surface area contributed by atoms with Crippen molar-refractivity contribution in [3.63, 3.8) is 0 Å². The van der Waals surface area contributed by atoms with Gasteiger partial charge < -0.3 is 9.50 Å². The monoisotopic (exact) mass is 231 g/mol. The van der Waals surface area contributed by atoms with Gasteiger partial charge in [0.25, 0.3) is 0 Å². The van der Waals surface area contributed by atoms with E-state index in [-0.39, 0.29) is 5.75 Å². The third kappa shape index (κ3) is 2.59. The van der Waals surface area contributed by atoms with E-state index in [1.54, 1.807) is 6.07 Å². The van der Waals surface area contributed by atoms with Crippen LogP contribution in [0.25, 0.3) is 0 Å². The second-order valence-corrected chi connectivity index (χ2v) is 4.28. The molecule has 1 aliphatic heterocycles. The zero-order valence-corrected chi connectivity index (χ0v) is 8.68. The Kier molecular flexibility index (Phi) is 2.52. The minimum Gasteiger partial charge on any atom is -0.385 e. The predicted octanol–water partition coefficient (Wildman–Crippen LogP) is 1.64. The molecule has 0 aromatic heterocycles. The Hall–Kier alpha value is -1.30. The van der Waals surface area contributed by atoms with Gasteiger partial charge in [0.05, 0.1) is 0 Å². The second kappa shape index (κ2) is 3.69. The number of fused-ring (bicyclic) bond motifs is 1. The van der Waals surface area contributed by atoms with Gasteiger partial charge in [0.2, 0.25) is 0 Å². The van der Waals surface area contributed by atoms with Crippen molar-refractivity contribution in [1.82, 2.24) is 0 Å². The fourth-order valence-electron chi connectivity index (χ4n) is 1.61. The zero-order valence-electron chi connectivity index (χ0n) is 7.86. The molecular formula is C9H10FNO3S. The first-order valence-electron chi connectivity index (χ1n) is 4.55. The normalized spacial score (nSPS) is 15.3. The fraction of sp³-hybridized carbons (Fsp3) is 0.333. The van der Waals surface area contributed by atoms with Gasteiger partial charge in [0, 0.05) is 18.3 Å². The topological polar surface area (TPSA) is 55.4 Å². The number of rotatable bonds is 2. The average Bonchev–Trinajstić information content (AvgIpc) is 2.15. The van der Waals surface area contributed by atoms with Crippen LogP contribution in [0.1, 0.15) is 12.0 Å². The van der Waals surface area contributed by atoms with E-state index in [0.717, 1.165) is 30.6 Å². The molecule has 6 heteroatoms. The van der Waals surface area contributed by atoms with Crippen LogP contribution in [-0.4, -0.2) is 15.0 Å². The first-order chi connectivity index (χ1) is 7.04. The van der Waals surface area contributed by atoms with Gasteiger partial charge in [-0.1, -0.05) is 9.95 Å². The van der Waals surface area contributed by atoms with Crippen LogP contribution in [-0.2, 0) is 16.9 Å². The molecule has 0 fully saturated rings. The maximum absolute atomic E-state index is 12.2. The van der Waals surface area contributed by atoms with E-state index >= 15 is 0 Å². The van der Waals surface area contributed by atoms with Crippen LogP contribution in [0.5, 0.6) is 5.75 Å². The molecule has 4 nitrogen and oxygen atoms in total. The van der Waals surface area contributed by atoms with Crippen LogP contribution >= 0.6 is 0 Å². The van der Waals surface area contributed by atoms with Gasteiger partial charge in [0.1, 0.15) is 5.75 Å². The third-order valence-corrected chi connectivity index (χ3v) is 2.61. The summed E-state index contributed by atoms with van der Waals surface area (Å²) in [6.07, 6.45) is 1.97. The quantitative estimate of drug-likeness (QED) is 0.786. The van der Waals surface area contributed by atoms with Gasteiger partial charge >= 0.3 is 10.5 Å². The van der Waals surface area contributed by atoms with E-state index in [1.807, 2.05) is 0 Å². The van der Waals surface area contributed by atoms with Crippen LogP contribution in [0, 0.1) is 0 Å². The number of hydrogen-bond donors (Lipinski definition) is 1. The first kappa shape index (κ1) is 10.2. The summed E-state index contributed by atoms with van der Waals surface area (Å²) in [5.41, 5.74) is 1.90. The van der Waals surface area contributed by atoms with Gasteiger partial charge in [-0.2, -0.15) is 8.42 Å². The molecule has 1 aliphatic rings. The highest BCUT2D eigenvalue weighted by Crippen LogP contribution is 2.27.